The predicted octanol–water partition coefficient (Wildman–Crippen LogP) is 1.79. The minimum atomic E-state index is -0.499. The van der Waals surface area contributed by atoms with E-state index in [-0.39, 0.29) is 16.9 Å². The maximum atomic E-state index is 13.9. The summed E-state index contributed by atoms with van der Waals surface area (Å²) in [5, 5.41) is 17.4. The van der Waals surface area contributed by atoms with Gasteiger partial charge in [0.2, 0.25) is 11.8 Å². The first-order chi connectivity index (χ1) is 11.1. The van der Waals surface area contributed by atoms with Crippen molar-refractivity contribution < 1.29 is 13.5 Å². The van der Waals surface area contributed by atoms with Crippen LogP contribution in [-0.4, -0.2) is 36.5 Å². The number of anilines is 1. The van der Waals surface area contributed by atoms with Crippen molar-refractivity contribution in [1.82, 2.24) is 10.2 Å². The van der Waals surface area contributed by atoms with Gasteiger partial charge in [0.25, 0.3) is 0 Å². The molecule has 1 aromatic carbocycles. The average Bonchev–Trinajstić information content (AvgIpc) is 3.20. The highest BCUT2D eigenvalue weighted by Gasteiger charge is 2.55. The molecule has 2 aliphatic rings. The average molecular weight is 314 g/mol. The molecule has 0 spiro atoms. The maximum Gasteiger partial charge on any atom is 0.227 e. The molecule has 3 heterocycles. The van der Waals surface area contributed by atoms with Crippen molar-refractivity contribution in [2.75, 3.05) is 31.2 Å². The van der Waals surface area contributed by atoms with Gasteiger partial charge in [-0.3, -0.25) is 0 Å². The Morgan fingerprint density at radius 2 is 2.30 bits per heavy atom. The van der Waals surface area contributed by atoms with E-state index in [0.29, 0.717) is 43.8 Å². The second-order valence-electron chi connectivity index (χ2n) is 6.12. The van der Waals surface area contributed by atoms with Crippen LogP contribution in [0.2, 0.25) is 0 Å². The third-order valence-corrected chi connectivity index (χ3v) is 4.77. The Morgan fingerprint density at radius 3 is 3.04 bits per heavy atom. The number of nitrogens with zero attached hydrogens (tertiary/aromatic N) is 4. The van der Waals surface area contributed by atoms with Crippen molar-refractivity contribution in [3.8, 4) is 6.07 Å². The molecule has 2 saturated heterocycles. The van der Waals surface area contributed by atoms with Gasteiger partial charge < -0.3 is 14.1 Å². The monoisotopic (exact) mass is 314 g/mol. The first kappa shape index (κ1) is 14.2. The normalized spacial score (nSPS) is 26.3. The van der Waals surface area contributed by atoms with Crippen LogP contribution in [0.5, 0.6) is 0 Å². The zero-order valence-electron chi connectivity index (χ0n) is 12.6. The number of benzene rings is 1. The first-order valence-electron chi connectivity index (χ1n) is 7.46. The number of halogens is 1. The minimum Gasteiger partial charge on any atom is -0.425 e. The number of nitriles is 1. The molecule has 4 rings (SSSR count). The van der Waals surface area contributed by atoms with Crippen LogP contribution >= 0.6 is 0 Å². The van der Waals surface area contributed by atoms with Gasteiger partial charge in [0.1, 0.15) is 17.4 Å². The number of fused-ring (bicyclic) bond motifs is 1. The third kappa shape index (κ3) is 2.02. The second kappa shape index (κ2) is 5.03. The molecule has 0 saturated carbocycles. The van der Waals surface area contributed by atoms with Crippen LogP contribution < -0.4 is 4.90 Å². The fourth-order valence-corrected chi connectivity index (χ4v) is 3.61. The van der Waals surface area contributed by atoms with Crippen molar-refractivity contribution in [1.29, 1.82) is 5.26 Å². The molecule has 7 heteroatoms. The Morgan fingerprint density at radius 1 is 1.43 bits per heavy atom. The van der Waals surface area contributed by atoms with Crippen LogP contribution in [0, 0.1) is 30.0 Å². The zero-order valence-corrected chi connectivity index (χ0v) is 12.6. The van der Waals surface area contributed by atoms with Gasteiger partial charge in [0.05, 0.1) is 24.3 Å². The van der Waals surface area contributed by atoms with E-state index in [1.54, 1.807) is 19.1 Å². The van der Waals surface area contributed by atoms with E-state index in [1.807, 2.05) is 11.0 Å². The molecule has 0 unspecified atom stereocenters. The molecule has 0 amide bonds. The molecule has 1 aromatic heterocycles. The Balaban J connectivity index is 1.74. The highest BCUT2D eigenvalue weighted by Crippen LogP contribution is 2.45. The van der Waals surface area contributed by atoms with Crippen LogP contribution in [0.25, 0.3) is 0 Å². The molecular weight excluding hydrogens is 299 g/mol. The van der Waals surface area contributed by atoms with Crippen LogP contribution in [0.3, 0.4) is 0 Å². The molecule has 118 valence electrons. The molecule has 23 heavy (non-hydrogen) atoms. The Hall–Kier alpha value is -2.46. The smallest absolute Gasteiger partial charge is 0.227 e. The number of hydrogen-bond donors (Lipinski definition) is 0. The molecule has 0 aliphatic carbocycles. The summed E-state index contributed by atoms with van der Waals surface area (Å²) in [6.45, 7) is 4.07. The number of aryl methyl sites for hydroxylation is 1. The lowest BCUT2D eigenvalue weighted by Crippen LogP contribution is -2.36. The lowest BCUT2D eigenvalue weighted by molar-refractivity contribution is 0.166. The molecular formula is C16H15FN4O2. The SMILES string of the molecule is Cc1nnc([C@@]23COC[C@@H]2CN(c2cccc(F)c2C#N)C3)o1. The fourth-order valence-electron chi connectivity index (χ4n) is 3.61. The summed E-state index contributed by atoms with van der Waals surface area (Å²) in [6, 6.07) is 6.67. The number of rotatable bonds is 2. The molecule has 0 radical (unpaired) electrons. The van der Waals surface area contributed by atoms with Gasteiger partial charge in [0.15, 0.2) is 0 Å². The van der Waals surface area contributed by atoms with Crippen LogP contribution in [0.4, 0.5) is 10.1 Å². The quantitative estimate of drug-likeness (QED) is 0.841. The van der Waals surface area contributed by atoms with E-state index in [0.717, 1.165) is 0 Å². The molecule has 6 nitrogen and oxygen atoms in total. The largest absolute Gasteiger partial charge is 0.425 e. The number of ether oxygens (including phenoxy) is 1. The minimum absolute atomic E-state index is 0.0743. The topological polar surface area (TPSA) is 75.2 Å². The molecule has 0 bridgehead atoms. The van der Waals surface area contributed by atoms with Gasteiger partial charge in [-0.15, -0.1) is 10.2 Å². The van der Waals surface area contributed by atoms with Crippen molar-refractivity contribution in [2.45, 2.75) is 12.3 Å². The standard InChI is InChI=1S/C16H15FN4O2/c1-10-19-20-15(23-10)16-8-21(6-11(16)7-22-9-16)14-4-2-3-13(17)12(14)5-18/h2-4,11H,6-9H2,1H3/t11-,16-/m0/s1. The summed E-state index contributed by atoms with van der Waals surface area (Å²) in [6.07, 6.45) is 0. The van der Waals surface area contributed by atoms with E-state index < -0.39 is 5.82 Å². The van der Waals surface area contributed by atoms with Crippen molar-refractivity contribution >= 4 is 5.69 Å². The predicted molar refractivity (Wildman–Crippen MR) is 78.4 cm³/mol. The molecule has 2 fully saturated rings. The third-order valence-electron chi connectivity index (χ3n) is 4.77. The number of hydrogen-bond acceptors (Lipinski definition) is 6. The second-order valence-corrected chi connectivity index (χ2v) is 6.12. The lowest BCUT2D eigenvalue weighted by Gasteiger charge is -2.24. The zero-order chi connectivity index (χ0) is 16.0. The molecule has 2 aromatic rings. The molecule has 2 aliphatic heterocycles. The van der Waals surface area contributed by atoms with Gasteiger partial charge in [-0.25, -0.2) is 4.39 Å². The number of aromatic nitrogens is 2. The lowest BCUT2D eigenvalue weighted by atomic mass is 9.81. The summed E-state index contributed by atoms with van der Waals surface area (Å²) in [5.74, 6) is 0.759. The Kier molecular flexibility index (Phi) is 3.10. The van der Waals surface area contributed by atoms with E-state index in [1.165, 1.54) is 6.07 Å². The highest BCUT2D eigenvalue weighted by molar-refractivity contribution is 5.61. The highest BCUT2D eigenvalue weighted by atomic mass is 19.1. The maximum absolute atomic E-state index is 13.9. The van der Waals surface area contributed by atoms with E-state index in [4.69, 9.17) is 9.15 Å². The fraction of sp³-hybridized carbons (Fsp3) is 0.438. The Bertz CT molecular complexity index is 800. The molecule has 2 atom stereocenters. The summed E-state index contributed by atoms with van der Waals surface area (Å²) in [4.78, 5) is 2.02. The first-order valence-corrected chi connectivity index (χ1v) is 7.46. The van der Waals surface area contributed by atoms with Crippen LogP contribution in [-0.2, 0) is 10.2 Å². The van der Waals surface area contributed by atoms with Gasteiger partial charge in [0, 0.05) is 25.9 Å². The van der Waals surface area contributed by atoms with E-state index in [9.17, 15) is 9.65 Å². The van der Waals surface area contributed by atoms with Crippen LogP contribution in [0.1, 0.15) is 17.3 Å². The van der Waals surface area contributed by atoms with E-state index >= 15 is 0 Å². The van der Waals surface area contributed by atoms with Gasteiger partial charge >= 0.3 is 0 Å². The summed E-state index contributed by atoms with van der Waals surface area (Å²) < 4.78 is 25.2. The Labute approximate surface area is 132 Å². The van der Waals surface area contributed by atoms with Crippen molar-refractivity contribution in [3.05, 3.63) is 41.4 Å². The van der Waals surface area contributed by atoms with Crippen LogP contribution in [0.15, 0.2) is 22.6 Å². The van der Waals surface area contributed by atoms with Crippen molar-refractivity contribution in [2.24, 2.45) is 5.92 Å². The van der Waals surface area contributed by atoms with Gasteiger partial charge in [-0.05, 0) is 12.1 Å². The van der Waals surface area contributed by atoms with Gasteiger partial charge in [-0.1, -0.05) is 6.07 Å². The van der Waals surface area contributed by atoms with Gasteiger partial charge in [-0.2, -0.15) is 5.26 Å². The summed E-state index contributed by atoms with van der Waals surface area (Å²) in [7, 11) is 0. The van der Waals surface area contributed by atoms with Crippen molar-refractivity contribution in [3.63, 3.8) is 0 Å². The molecule has 0 N–H and O–H groups in total. The summed E-state index contributed by atoms with van der Waals surface area (Å²) in [5.41, 5.74) is 0.295. The van der Waals surface area contributed by atoms with E-state index in [2.05, 4.69) is 10.2 Å². The summed E-state index contributed by atoms with van der Waals surface area (Å²) >= 11 is 0.